The zero-order valence-electron chi connectivity index (χ0n) is 11.7. The van der Waals surface area contributed by atoms with Gasteiger partial charge in [-0.05, 0) is 19.1 Å². The Kier molecular flexibility index (Phi) is 12.0. The molecule has 1 amide bonds. The van der Waals surface area contributed by atoms with E-state index in [0.717, 1.165) is 6.07 Å². The number of nitro benzene ring substituents is 1. The van der Waals surface area contributed by atoms with Crippen LogP contribution >= 0.6 is 15.9 Å². The van der Waals surface area contributed by atoms with E-state index in [1.165, 1.54) is 12.1 Å². The van der Waals surface area contributed by atoms with Crippen molar-refractivity contribution < 1.29 is 18.5 Å². The van der Waals surface area contributed by atoms with Gasteiger partial charge in [-0.1, -0.05) is 29.8 Å². The Balaban J connectivity index is 0. The molecule has 5 nitrogen and oxygen atoms in total. The second-order valence-corrected chi connectivity index (χ2v) is 3.91. The lowest BCUT2D eigenvalue weighted by Crippen LogP contribution is -2.20. The SMILES string of the molecule is C#CC.CC.O=C(Nc1ccc(Br)cc1[N+](=O)[O-])C(F)F. The predicted octanol–water partition coefficient (Wildman–Crippen LogP) is 4.23. The van der Waals surface area contributed by atoms with Crippen LogP contribution in [0.4, 0.5) is 20.2 Å². The van der Waals surface area contributed by atoms with E-state index in [9.17, 15) is 23.7 Å². The second kappa shape index (κ2) is 11.8. The highest BCUT2D eigenvalue weighted by atomic mass is 79.9. The lowest BCUT2D eigenvalue weighted by Gasteiger charge is -2.05. The number of halogens is 3. The molecule has 0 aliphatic heterocycles. The van der Waals surface area contributed by atoms with Gasteiger partial charge in [0.25, 0.3) is 11.6 Å². The largest absolute Gasteiger partial charge is 0.315 e. The topological polar surface area (TPSA) is 72.2 Å². The van der Waals surface area contributed by atoms with Crippen molar-refractivity contribution in [3.05, 3.63) is 32.8 Å². The van der Waals surface area contributed by atoms with E-state index >= 15 is 0 Å². The van der Waals surface area contributed by atoms with E-state index < -0.39 is 22.9 Å². The minimum atomic E-state index is -3.22. The van der Waals surface area contributed by atoms with Gasteiger partial charge in [0, 0.05) is 10.5 Å². The van der Waals surface area contributed by atoms with Gasteiger partial charge < -0.3 is 5.32 Å². The van der Waals surface area contributed by atoms with Crippen LogP contribution in [0.15, 0.2) is 22.7 Å². The molecule has 116 valence electrons. The van der Waals surface area contributed by atoms with Crippen LogP contribution in [0.1, 0.15) is 20.8 Å². The maximum Gasteiger partial charge on any atom is 0.315 e. The molecule has 0 aliphatic rings. The Morgan fingerprint density at radius 2 is 1.95 bits per heavy atom. The zero-order valence-corrected chi connectivity index (χ0v) is 13.3. The number of terminal acetylenes is 1. The number of rotatable bonds is 3. The molecule has 0 unspecified atom stereocenters. The van der Waals surface area contributed by atoms with Crippen molar-refractivity contribution in [1.82, 2.24) is 0 Å². The van der Waals surface area contributed by atoms with Crippen molar-refractivity contribution in [1.29, 1.82) is 0 Å². The van der Waals surface area contributed by atoms with E-state index in [1.54, 1.807) is 12.2 Å². The highest BCUT2D eigenvalue weighted by molar-refractivity contribution is 9.10. The number of carbonyl (C=O) groups is 1. The monoisotopic (exact) mass is 364 g/mol. The number of carbonyl (C=O) groups excluding carboxylic acids is 1. The van der Waals surface area contributed by atoms with Gasteiger partial charge in [-0.2, -0.15) is 8.78 Å². The van der Waals surface area contributed by atoms with E-state index in [-0.39, 0.29) is 5.69 Å². The molecule has 8 heteroatoms. The first-order chi connectivity index (χ1) is 9.83. The highest BCUT2D eigenvalue weighted by Crippen LogP contribution is 2.28. The Bertz CT molecular complexity index is 517. The van der Waals surface area contributed by atoms with Crippen LogP contribution in [0.3, 0.4) is 0 Å². The van der Waals surface area contributed by atoms with Crippen LogP contribution in [0, 0.1) is 22.5 Å². The molecule has 1 aromatic rings. The van der Waals surface area contributed by atoms with Crippen molar-refractivity contribution in [3.63, 3.8) is 0 Å². The van der Waals surface area contributed by atoms with Crippen molar-refractivity contribution in [3.8, 4) is 12.3 Å². The molecule has 1 N–H and O–H groups in total. The van der Waals surface area contributed by atoms with Crippen molar-refractivity contribution in [2.75, 3.05) is 5.32 Å². The van der Waals surface area contributed by atoms with Crippen LogP contribution in [-0.2, 0) is 4.79 Å². The summed E-state index contributed by atoms with van der Waals surface area (Å²) in [5, 5.41) is 12.3. The summed E-state index contributed by atoms with van der Waals surface area (Å²) in [7, 11) is 0. The van der Waals surface area contributed by atoms with E-state index in [4.69, 9.17) is 0 Å². The van der Waals surface area contributed by atoms with Crippen LogP contribution in [0.2, 0.25) is 0 Å². The van der Waals surface area contributed by atoms with E-state index in [2.05, 4.69) is 28.3 Å². The number of anilines is 1. The van der Waals surface area contributed by atoms with E-state index in [0.29, 0.717) is 4.47 Å². The average Bonchev–Trinajstić information content (AvgIpc) is 2.43. The molecule has 21 heavy (non-hydrogen) atoms. The van der Waals surface area contributed by atoms with Crippen molar-refractivity contribution >= 4 is 33.2 Å². The van der Waals surface area contributed by atoms with Crippen molar-refractivity contribution in [2.24, 2.45) is 0 Å². The quantitative estimate of drug-likeness (QED) is 0.495. The summed E-state index contributed by atoms with van der Waals surface area (Å²) >= 11 is 2.99. The Morgan fingerprint density at radius 1 is 1.48 bits per heavy atom. The standard InChI is InChI=1S/C8H5BrF2N2O3.C3H4.C2H6/c9-4-1-2-5(6(3-4)13(15)16)12-8(14)7(10)11;1-3-2;1-2/h1-3,7H,(H,12,14);1H,2H3;1-2H3. The van der Waals surface area contributed by atoms with Crippen LogP contribution in [-0.4, -0.2) is 17.3 Å². The minimum absolute atomic E-state index is 0.265. The molecule has 0 fully saturated rings. The van der Waals surface area contributed by atoms with Gasteiger partial charge in [0.05, 0.1) is 4.92 Å². The summed E-state index contributed by atoms with van der Waals surface area (Å²) in [6.45, 7) is 5.65. The first-order valence-electron chi connectivity index (χ1n) is 5.73. The normalized spacial score (nSPS) is 8.48. The number of nitrogens with one attached hydrogen (secondary N) is 1. The number of hydrogen-bond acceptors (Lipinski definition) is 3. The van der Waals surface area contributed by atoms with Gasteiger partial charge in [-0.25, -0.2) is 0 Å². The third kappa shape index (κ3) is 8.70. The first kappa shape index (κ1) is 21.3. The molecule has 0 spiro atoms. The highest BCUT2D eigenvalue weighted by Gasteiger charge is 2.20. The summed E-state index contributed by atoms with van der Waals surface area (Å²) in [6.07, 6.45) is 1.38. The lowest BCUT2D eigenvalue weighted by molar-refractivity contribution is -0.384. The molecule has 0 saturated carbocycles. The Hall–Kier alpha value is -2.01. The van der Waals surface area contributed by atoms with Crippen LogP contribution in [0.5, 0.6) is 0 Å². The number of hydrogen-bond donors (Lipinski definition) is 1. The van der Waals surface area contributed by atoms with E-state index in [1.807, 2.05) is 13.8 Å². The van der Waals surface area contributed by atoms with Gasteiger partial charge in [-0.15, -0.1) is 12.3 Å². The summed E-state index contributed by atoms with van der Waals surface area (Å²) in [4.78, 5) is 20.5. The lowest BCUT2D eigenvalue weighted by atomic mass is 10.2. The summed E-state index contributed by atoms with van der Waals surface area (Å²) in [5.74, 6) is 0.672. The molecule has 1 rings (SSSR count). The third-order valence-corrected chi connectivity index (χ3v) is 2.11. The fraction of sp³-hybridized carbons (Fsp3) is 0.308. The Morgan fingerprint density at radius 3 is 2.33 bits per heavy atom. The molecular weight excluding hydrogens is 350 g/mol. The second-order valence-electron chi connectivity index (χ2n) is 3.00. The number of benzene rings is 1. The van der Waals surface area contributed by atoms with Crippen LogP contribution in [0.25, 0.3) is 0 Å². The van der Waals surface area contributed by atoms with Gasteiger partial charge >= 0.3 is 6.43 Å². The third-order valence-electron chi connectivity index (χ3n) is 1.61. The van der Waals surface area contributed by atoms with Gasteiger partial charge in [0.15, 0.2) is 0 Å². The van der Waals surface area contributed by atoms with Crippen molar-refractivity contribution in [2.45, 2.75) is 27.2 Å². The average molecular weight is 365 g/mol. The zero-order chi connectivity index (χ0) is 17.0. The minimum Gasteiger partial charge on any atom is -0.315 e. The molecule has 1 aromatic carbocycles. The molecule has 0 saturated heterocycles. The number of amides is 1. The fourth-order valence-corrected chi connectivity index (χ4v) is 1.30. The first-order valence-corrected chi connectivity index (χ1v) is 6.53. The maximum atomic E-state index is 11.9. The Labute approximate surface area is 130 Å². The smallest absolute Gasteiger partial charge is 0.315 e. The maximum absolute atomic E-state index is 11.9. The predicted molar refractivity (Wildman–Crippen MR) is 81.3 cm³/mol. The van der Waals surface area contributed by atoms with Gasteiger partial charge in [0.2, 0.25) is 0 Å². The molecule has 0 heterocycles. The molecular formula is C13H15BrF2N2O3. The number of nitro groups is 1. The number of alkyl halides is 2. The fourth-order valence-electron chi connectivity index (χ4n) is 0.949. The van der Waals surface area contributed by atoms with Gasteiger partial charge in [0.1, 0.15) is 5.69 Å². The van der Waals surface area contributed by atoms with Gasteiger partial charge in [-0.3, -0.25) is 14.9 Å². The summed E-state index contributed by atoms with van der Waals surface area (Å²) in [5.41, 5.74) is -0.720. The molecule has 0 bridgehead atoms. The molecule has 0 aliphatic carbocycles. The van der Waals surface area contributed by atoms with Crippen LogP contribution < -0.4 is 5.32 Å². The molecule has 0 aromatic heterocycles. The summed E-state index contributed by atoms with van der Waals surface area (Å²) < 4.78 is 24.3. The number of nitrogens with zero attached hydrogens (tertiary/aromatic N) is 1. The summed E-state index contributed by atoms with van der Waals surface area (Å²) in [6, 6.07) is 3.68. The molecule has 0 radical (unpaired) electrons. The molecule has 0 atom stereocenters.